The van der Waals surface area contributed by atoms with Gasteiger partial charge in [-0.05, 0) is 43.9 Å². The number of nitrogens with one attached hydrogen (secondary N) is 1. The van der Waals surface area contributed by atoms with Gasteiger partial charge in [-0.3, -0.25) is 0 Å². The summed E-state index contributed by atoms with van der Waals surface area (Å²) in [4.78, 5) is 14.0. The summed E-state index contributed by atoms with van der Waals surface area (Å²) in [6.07, 6.45) is 2.88. The van der Waals surface area contributed by atoms with Gasteiger partial charge in [-0.1, -0.05) is 13.0 Å². The molecule has 0 bridgehead atoms. The Morgan fingerprint density at radius 1 is 1.55 bits per heavy atom. The van der Waals surface area contributed by atoms with Gasteiger partial charge in [-0.25, -0.2) is 9.18 Å². The van der Waals surface area contributed by atoms with Crippen molar-refractivity contribution in [3.63, 3.8) is 0 Å². The molecule has 1 aromatic rings. The number of anilines is 1. The number of carbonyl (C=O) groups excluding carboxylic acids is 1. The average molecular weight is 280 g/mol. The third kappa shape index (κ3) is 3.48. The van der Waals surface area contributed by atoms with E-state index in [1.165, 1.54) is 12.1 Å². The highest BCUT2D eigenvalue weighted by Gasteiger charge is 2.31. The first-order chi connectivity index (χ1) is 9.61. The molecule has 2 atom stereocenters. The summed E-state index contributed by atoms with van der Waals surface area (Å²) in [5, 5.41) is 12.7. The van der Waals surface area contributed by atoms with Crippen LogP contribution in [0, 0.1) is 5.82 Å². The fourth-order valence-corrected chi connectivity index (χ4v) is 2.64. The van der Waals surface area contributed by atoms with Crippen LogP contribution in [0.2, 0.25) is 0 Å². The maximum Gasteiger partial charge on any atom is 0.322 e. The van der Waals surface area contributed by atoms with Gasteiger partial charge in [0.15, 0.2) is 0 Å². The van der Waals surface area contributed by atoms with E-state index in [0.29, 0.717) is 18.7 Å². The molecule has 1 aliphatic heterocycles. The first kappa shape index (κ1) is 14.8. The molecule has 110 valence electrons. The molecule has 0 aliphatic carbocycles. The maximum absolute atomic E-state index is 13.1. The summed E-state index contributed by atoms with van der Waals surface area (Å²) in [5.41, 5.74) is 0.435. The van der Waals surface area contributed by atoms with Gasteiger partial charge in [-0.15, -0.1) is 0 Å². The van der Waals surface area contributed by atoms with Crippen molar-refractivity contribution >= 4 is 11.7 Å². The molecule has 1 fully saturated rings. The number of hydrogen-bond donors (Lipinski definition) is 2. The number of aliphatic hydroxyl groups excluding tert-OH is 1. The van der Waals surface area contributed by atoms with E-state index in [1.54, 1.807) is 17.0 Å². The molecule has 0 spiro atoms. The van der Waals surface area contributed by atoms with Crippen molar-refractivity contribution in [2.24, 2.45) is 0 Å². The Hall–Kier alpha value is -1.62. The van der Waals surface area contributed by atoms with Crippen LogP contribution in [0.4, 0.5) is 14.9 Å². The minimum Gasteiger partial charge on any atom is -0.391 e. The average Bonchev–Trinajstić information content (AvgIpc) is 2.46. The highest BCUT2D eigenvalue weighted by atomic mass is 19.1. The zero-order valence-electron chi connectivity index (χ0n) is 11.7. The summed E-state index contributed by atoms with van der Waals surface area (Å²) >= 11 is 0. The molecule has 2 rings (SSSR count). The number of benzene rings is 1. The van der Waals surface area contributed by atoms with Crippen molar-refractivity contribution in [2.75, 3.05) is 11.9 Å². The molecule has 0 saturated carbocycles. The van der Waals surface area contributed by atoms with Crippen LogP contribution in [-0.2, 0) is 0 Å². The lowest BCUT2D eigenvalue weighted by atomic mass is 9.96. The number of piperidine rings is 1. The largest absolute Gasteiger partial charge is 0.391 e. The van der Waals surface area contributed by atoms with Crippen LogP contribution in [0.25, 0.3) is 0 Å². The Kier molecular flexibility index (Phi) is 4.95. The zero-order chi connectivity index (χ0) is 14.5. The number of urea groups is 1. The fourth-order valence-electron chi connectivity index (χ4n) is 2.64. The van der Waals surface area contributed by atoms with E-state index in [0.717, 1.165) is 19.3 Å². The van der Waals surface area contributed by atoms with Crippen molar-refractivity contribution in [1.82, 2.24) is 4.90 Å². The molecular formula is C15H21FN2O2. The second-order valence-corrected chi connectivity index (χ2v) is 5.17. The number of carbonyl (C=O) groups is 1. The smallest absolute Gasteiger partial charge is 0.322 e. The second-order valence-electron chi connectivity index (χ2n) is 5.17. The normalized spacial score (nSPS) is 20.6. The summed E-state index contributed by atoms with van der Waals surface area (Å²) in [7, 11) is 0. The van der Waals surface area contributed by atoms with E-state index in [9.17, 15) is 14.3 Å². The molecule has 1 aromatic carbocycles. The van der Waals surface area contributed by atoms with E-state index < -0.39 is 6.10 Å². The predicted molar refractivity (Wildman–Crippen MR) is 76.1 cm³/mol. The van der Waals surface area contributed by atoms with E-state index in [-0.39, 0.29) is 17.9 Å². The van der Waals surface area contributed by atoms with Gasteiger partial charge in [0.2, 0.25) is 0 Å². The summed E-state index contributed by atoms with van der Waals surface area (Å²) in [6, 6.07) is 5.40. The van der Waals surface area contributed by atoms with Gasteiger partial charge in [0, 0.05) is 12.2 Å². The van der Waals surface area contributed by atoms with Crippen LogP contribution in [0.1, 0.15) is 32.6 Å². The van der Waals surface area contributed by atoms with Gasteiger partial charge in [0.05, 0.1) is 12.1 Å². The van der Waals surface area contributed by atoms with Crippen molar-refractivity contribution < 1.29 is 14.3 Å². The number of amides is 2. The molecule has 2 N–H and O–H groups in total. The minimum atomic E-state index is -0.506. The SMILES string of the molecule is CC[C@H](O)[C@@H]1CCCCN1C(=O)Nc1cccc(F)c1. The Labute approximate surface area is 118 Å². The molecule has 4 nitrogen and oxygen atoms in total. The standard InChI is InChI=1S/C15H21FN2O2/c1-2-14(19)13-8-3-4-9-18(13)15(20)17-12-7-5-6-11(16)10-12/h5-7,10,13-14,19H,2-4,8-9H2,1H3,(H,17,20)/t13-,14-/m0/s1. The fraction of sp³-hybridized carbons (Fsp3) is 0.533. The first-order valence-corrected chi connectivity index (χ1v) is 7.13. The second kappa shape index (κ2) is 6.70. The lowest BCUT2D eigenvalue weighted by Gasteiger charge is -2.38. The Balaban J connectivity index is 2.06. The van der Waals surface area contributed by atoms with Crippen LogP contribution >= 0.6 is 0 Å². The van der Waals surface area contributed by atoms with Crippen molar-refractivity contribution in [3.8, 4) is 0 Å². The van der Waals surface area contributed by atoms with E-state index in [2.05, 4.69) is 5.32 Å². The van der Waals surface area contributed by atoms with Crippen LogP contribution < -0.4 is 5.32 Å². The zero-order valence-corrected chi connectivity index (χ0v) is 11.7. The quantitative estimate of drug-likeness (QED) is 0.894. The van der Waals surface area contributed by atoms with E-state index in [1.807, 2.05) is 6.92 Å². The van der Waals surface area contributed by atoms with Crippen LogP contribution in [-0.4, -0.2) is 34.7 Å². The molecule has 0 unspecified atom stereocenters. The van der Waals surface area contributed by atoms with Crippen molar-refractivity contribution in [1.29, 1.82) is 0 Å². The van der Waals surface area contributed by atoms with Gasteiger partial charge in [0.25, 0.3) is 0 Å². The lowest BCUT2D eigenvalue weighted by Crippen LogP contribution is -2.51. The number of hydrogen-bond acceptors (Lipinski definition) is 2. The monoisotopic (exact) mass is 280 g/mol. The topological polar surface area (TPSA) is 52.6 Å². The molecule has 0 aromatic heterocycles. The van der Waals surface area contributed by atoms with E-state index in [4.69, 9.17) is 0 Å². The highest BCUT2D eigenvalue weighted by Crippen LogP contribution is 2.22. The van der Waals surface area contributed by atoms with Gasteiger partial charge < -0.3 is 15.3 Å². The van der Waals surface area contributed by atoms with Gasteiger partial charge in [-0.2, -0.15) is 0 Å². The van der Waals surface area contributed by atoms with Crippen LogP contribution in [0.3, 0.4) is 0 Å². The van der Waals surface area contributed by atoms with Crippen LogP contribution in [0.15, 0.2) is 24.3 Å². The minimum absolute atomic E-state index is 0.151. The van der Waals surface area contributed by atoms with Crippen molar-refractivity contribution in [2.45, 2.75) is 44.8 Å². The summed E-state index contributed by atoms with van der Waals surface area (Å²) in [5.74, 6) is -0.383. The molecular weight excluding hydrogens is 259 g/mol. The molecule has 1 saturated heterocycles. The lowest BCUT2D eigenvalue weighted by molar-refractivity contribution is 0.0471. The molecule has 1 aliphatic rings. The summed E-state index contributed by atoms with van der Waals surface area (Å²) < 4.78 is 13.1. The summed E-state index contributed by atoms with van der Waals surface area (Å²) in [6.45, 7) is 2.53. The third-order valence-electron chi connectivity index (χ3n) is 3.75. The Morgan fingerprint density at radius 3 is 3.05 bits per heavy atom. The predicted octanol–water partition coefficient (Wildman–Crippen LogP) is 2.98. The first-order valence-electron chi connectivity index (χ1n) is 7.13. The number of halogens is 1. The third-order valence-corrected chi connectivity index (χ3v) is 3.75. The molecule has 2 amide bonds. The maximum atomic E-state index is 13.1. The molecule has 0 radical (unpaired) electrons. The Morgan fingerprint density at radius 2 is 2.35 bits per heavy atom. The molecule has 1 heterocycles. The highest BCUT2D eigenvalue weighted by molar-refractivity contribution is 5.89. The number of aliphatic hydroxyl groups is 1. The number of nitrogens with zero attached hydrogens (tertiary/aromatic N) is 1. The Bertz CT molecular complexity index is 467. The van der Waals surface area contributed by atoms with E-state index >= 15 is 0 Å². The molecule has 20 heavy (non-hydrogen) atoms. The van der Waals surface area contributed by atoms with Gasteiger partial charge >= 0.3 is 6.03 Å². The van der Waals surface area contributed by atoms with Crippen LogP contribution in [0.5, 0.6) is 0 Å². The molecule has 5 heteroatoms. The number of likely N-dealkylation sites (tertiary alicyclic amines) is 1. The number of rotatable bonds is 3. The van der Waals surface area contributed by atoms with Crippen molar-refractivity contribution in [3.05, 3.63) is 30.1 Å². The van der Waals surface area contributed by atoms with Gasteiger partial charge in [0.1, 0.15) is 5.82 Å².